The van der Waals surface area contributed by atoms with Gasteiger partial charge in [-0.05, 0) is 44.2 Å². The van der Waals surface area contributed by atoms with Crippen LogP contribution >= 0.6 is 0 Å². The lowest BCUT2D eigenvalue weighted by Crippen LogP contribution is -2.49. The number of unbranched alkanes of at least 4 members (excludes halogenated alkanes) is 3. The molecule has 0 saturated carbocycles. The number of amides is 2. The van der Waals surface area contributed by atoms with Gasteiger partial charge in [0.05, 0.1) is 16.4 Å². The summed E-state index contributed by atoms with van der Waals surface area (Å²) in [5, 5.41) is 12.3. The largest absolute Gasteiger partial charge is 0.356 e. The van der Waals surface area contributed by atoms with Crippen molar-refractivity contribution in [2.45, 2.75) is 63.2 Å². The number of benzene rings is 1. The first-order chi connectivity index (χ1) is 16.4. The highest BCUT2D eigenvalue weighted by Crippen LogP contribution is 2.28. The van der Waals surface area contributed by atoms with Crippen molar-refractivity contribution in [3.05, 3.63) is 29.8 Å². The minimum Gasteiger partial charge on any atom is -0.356 e. The molecule has 2 fully saturated rings. The van der Waals surface area contributed by atoms with Crippen LogP contribution in [0.4, 0.5) is 0 Å². The first kappa shape index (κ1) is 26.2. The third kappa shape index (κ3) is 6.36. The Labute approximate surface area is 203 Å². The maximum absolute atomic E-state index is 13.2. The molecule has 0 bridgehead atoms. The summed E-state index contributed by atoms with van der Waals surface area (Å²) in [6.45, 7) is 4.41. The number of piperidine rings is 2. The molecule has 3 rings (SSSR count). The minimum atomic E-state index is -3.78. The van der Waals surface area contributed by atoms with Crippen molar-refractivity contribution < 1.29 is 18.0 Å². The number of hydrogen-bond donors (Lipinski definition) is 1. The Morgan fingerprint density at radius 3 is 2.50 bits per heavy atom. The molecule has 1 atom stereocenters. The zero-order chi connectivity index (χ0) is 24.6. The number of nitriles is 1. The monoisotopic (exact) mass is 488 g/mol. The quantitative estimate of drug-likeness (QED) is 0.538. The summed E-state index contributed by atoms with van der Waals surface area (Å²) < 4.78 is 27.5. The normalized spacial score (nSPS) is 20.0. The van der Waals surface area contributed by atoms with Gasteiger partial charge in [-0.2, -0.15) is 9.57 Å². The third-order valence-corrected chi connectivity index (χ3v) is 8.82. The Bertz CT molecular complexity index is 996. The summed E-state index contributed by atoms with van der Waals surface area (Å²) >= 11 is 0. The summed E-state index contributed by atoms with van der Waals surface area (Å²) in [6.07, 6.45) is 6.91. The standard InChI is InChI=1S/C25H36N4O4S/c1-2-3-4-7-14-27-24(30)22-10-8-15-28(19-22)25(31)20-12-16-29(17-13-20)34(32,33)23-11-6-5-9-21(23)18-26/h5-6,9,11,20,22H,2-4,7-8,10,12-17,19H2,1H3,(H,27,30). The van der Waals surface area contributed by atoms with E-state index in [2.05, 4.69) is 12.2 Å². The molecular formula is C25H36N4O4S. The van der Waals surface area contributed by atoms with E-state index in [1.807, 2.05) is 6.07 Å². The van der Waals surface area contributed by atoms with Gasteiger partial charge in [-0.25, -0.2) is 8.42 Å². The maximum atomic E-state index is 13.2. The summed E-state index contributed by atoms with van der Waals surface area (Å²) in [7, 11) is -3.78. The summed E-state index contributed by atoms with van der Waals surface area (Å²) in [6, 6.07) is 8.14. The molecule has 2 amide bonds. The van der Waals surface area contributed by atoms with Crippen LogP contribution in [0.2, 0.25) is 0 Å². The average molecular weight is 489 g/mol. The lowest BCUT2D eigenvalue weighted by atomic mass is 9.92. The van der Waals surface area contributed by atoms with Crippen molar-refractivity contribution in [1.82, 2.24) is 14.5 Å². The molecule has 0 radical (unpaired) electrons. The topological polar surface area (TPSA) is 111 Å². The number of nitrogens with one attached hydrogen (secondary N) is 1. The van der Waals surface area contributed by atoms with Gasteiger partial charge in [-0.15, -0.1) is 0 Å². The molecule has 2 aliphatic heterocycles. The second-order valence-corrected chi connectivity index (χ2v) is 11.2. The number of carbonyl (C=O) groups is 2. The van der Waals surface area contributed by atoms with Crippen LogP contribution in [-0.2, 0) is 19.6 Å². The Kier molecular flexibility index (Phi) is 9.48. The second-order valence-electron chi connectivity index (χ2n) is 9.26. The predicted molar refractivity (Wildman–Crippen MR) is 129 cm³/mol. The number of rotatable bonds is 9. The van der Waals surface area contributed by atoms with Crippen molar-refractivity contribution in [3.63, 3.8) is 0 Å². The average Bonchev–Trinajstić information content (AvgIpc) is 2.88. The van der Waals surface area contributed by atoms with Crippen LogP contribution in [0.15, 0.2) is 29.2 Å². The molecule has 8 nitrogen and oxygen atoms in total. The smallest absolute Gasteiger partial charge is 0.244 e. The molecule has 2 aliphatic rings. The fourth-order valence-electron chi connectivity index (χ4n) is 4.82. The summed E-state index contributed by atoms with van der Waals surface area (Å²) in [5.41, 5.74) is 0.128. The SMILES string of the molecule is CCCCCCNC(=O)C1CCCN(C(=O)C2CCN(S(=O)(=O)c3ccccc3C#N)CC2)C1. The van der Waals surface area contributed by atoms with Crippen molar-refractivity contribution in [3.8, 4) is 6.07 Å². The van der Waals surface area contributed by atoms with Gasteiger partial charge in [0.2, 0.25) is 21.8 Å². The van der Waals surface area contributed by atoms with E-state index in [0.717, 1.165) is 32.1 Å². The fraction of sp³-hybridized carbons (Fsp3) is 0.640. The Morgan fingerprint density at radius 1 is 1.06 bits per heavy atom. The van der Waals surface area contributed by atoms with E-state index in [9.17, 15) is 23.3 Å². The zero-order valence-electron chi connectivity index (χ0n) is 20.0. The molecular weight excluding hydrogens is 452 g/mol. The first-order valence-electron chi connectivity index (χ1n) is 12.4. The van der Waals surface area contributed by atoms with Crippen molar-refractivity contribution in [1.29, 1.82) is 5.26 Å². The number of sulfonamides is 1. The summed E-state index contributed by atoms with van der Waals surface area (Å²) in [4.78, 5) is 27.5. The molecule has 2 saturated heterocycles. The predicted octanol–water partition coefficient (Wildman–Crippen LogP) is 2.89. The van der Waals surface area contributed by atoms with Gasteiger partial charge in [0.15, 0.2) is 0 Å². The zero-order valence-corrected chi connectivity index (χ0v) is 20.9. The van der Waals surface area contributed by atoms with Crippen LogP contribution in [-0.4, -0.2) is 62.2 Å². The highest BCUT2D eigenvalue weighted by Gasteiger charge is 2.36. The number of carbonyl (C=O) groups excluding carboxylic acids is 2. The molecule has 2 heterocycles. The highest BCUT2D eigenvalue weighted by atomic mass is 32.2. The third-order valence-electron chi connectivity index (χ3n) is 6.86. The molecule has 1 N–H and O–H groups in total. The van der Waals surface area contributed by atoms with E-state index in [1.165, 1.54) is 22.9 Å². The van der Waals surface area contributed by atoms with Crippen molar-refractivity contribution >= 4 is 21.8 Å². The van der Waals surface area contributed by atoms with Crippen molar-refractivity contribution in [2.75, 3.05) is 32.7 Å². The van der Waals surface area contributed by atoms with Crippen LogP contribution in [0.5, 0.6) is 0 Å². The molecule has 34 heavy (non-hydrogen) atoms. The van der Waals surface area contributed by atoms with Crippen LogP contribution in [0.3, 0.4) is 0 Å². The van der Waals surface area contributed by atoms with E-state index in [4.69, 9.17) is 0 Å². The van der Waals surface area contributed by atoms with E-state index < -0.39 is 10.0 Å². The van der Waals surface area contributed by atoms with Crippen molar-refractivity contribution in [2.24, 2.45) is 11.8 Å². The van der Waals surface area contributed by atoms with Crippen LogP contribution in [0.1, 0.15) is 63.9 Å². The molecule has 9 heteroatoms. The number of hydrogen-bond acceptors (Lipinski definition) is 5. The molecule has 1 aromatic carbocycles. The molecule has 0 aliphatic carbocycles. The molecule has 186 valence electrons. The lowest BCUT2D eigenvalue weighted by molar-refractivity contribution is -0.140. The van der Waals surface area contributed by atoms with Crippen LogP contribution in [0.25, 0.3) is 0 Å². The molecule has 0 spiro atoms. The number of likely N-dealkylation sites (tertiary alicyclic amines) is 1. The minimum absolute atomic E-state index is 0.0156. The van der Waals surface area contributed by atoms with E-state index in [0.29, 0.717) is 32.5 Å². The van der Waals surface area contributed by atoms with Crippen LogP contribution in [0, 0.1) is 23.2 Å². The number of nitrogens with zero attached hydrogens (tertiary/aromatic N) is 3. The molecule has 0 aromatic heterocycles. The molecule has 1 unspecified atom stereocenters. The van der Waals surface area contributed by atoms with Gasteiger partial charge < -0.3 is 10.2 Å². The van der Waals surface area contributed by atoms with Gasteiger partial charge in [0.1, 0.15) is 6.07 Å². The van der Waals surface area contributed by atoms with Gasteiger partial charge in [-0.1, -0.05) is 38.3 Å². The van der Waals surface area contributed by atoms with E-state index >= 15 is 0 Å². The fourth-order valence-corrected chi connectivity index (χ4v) is 6.44. The first-order valence-corrected chi connectivity index (χ1v) is 13.9. The van der Waals surface area contributed by atoms with E-state index in [-0.39, 0.29) is 47.2 Å². The van der Waals surface area contributed by atoms with Gasteiger partial charge >= 0.3 is 0 Å². The summed E-state index contributed by atoms with van der Waals surface area (Å²) in [5.74, 6) is -0.360. The van der Waals surface area contributed by atoms with Crippen LogP contribution < -0.4 is 5.32 Å². The van der Waals surface area contributed by atoms with E-state index in [1.54, 1.807) is 17.0 Å². The Morgan fingerprint density at radius 2 is 1.79 bits per heavy atom. The van der Waals surface area contributed by atoms with Gasteiger partial charge in [0, 0.05) is 38.6 Å². The molecule has 1 aromatic rings. The second kappa shape index (κ2) is 12.3. The lowest BCUT2D eigenvalue weighted by Gasteiger charge is -2.37. The highest BCUT2D eigenvalue weighted by molar-refractivity contribution is 7.89. The van der Waals surface area contributed by atoms with Gasteiger partial charge in [0.25, 0.3) is 0 Å². The maximum Gasteiger partial charge on any atom is 0.244 e. The Balaban J connectivity index is 1.52. The Hall–Kier alpha value is -2.44. The van der Waals surface area contributed by atoms with Gasteiger partial charge in [-0.3, -0.25) is 9.59 Å².